The molecule has 22 heavy (non-hydrogen) atoms. The average Bonchev–Trinajstić information content (AvgIpc) is 3.36. The predicted octanol–water partition coefficient (Wildman–Crippen LogP) is 1.75. The van der Waals surface area contributed by atoms with Crippen molar-refractivity contribution in [3.63, 3.8) is 0 Å². The van der Waals surface area contributed by atoms with Gasteiger partial charge in [0.05, 0.1) is 18.2 Å². The summed E-state index contributed by atoms with van der Waals surface area (Å²) in [5.74, 6) is 0.385. The number of para-hydroxylation sites is 1. The van der Waals surface area contributed by atoms with Gasteiger partial charge in [-0.3, -0.25) is 4.79 Å². The molecule has 0 bridgehead atoms. The molecular weight excluding hydrogens is 280 g/mol. The second kappa shape index (κ2) is 6.85. The molecule has 0 saturated heterocycles. The largest absolute Gasteiger partial charge is 0.389 e. The van der Waals surface area contributed by atoms with Crippen molar-refractivity contribution in [2.75, 3.05) is 19.8 Å². The first-order chi connectivity index (χ1) is 10.7. The van der Waals surface area contributed by atoms with Gasteiger partial charge in [-0.05, 0) is 30.9 Å². The molecule has 3 rings (SSSR count). The zero-order valence-corrected chi connectivity index (χ0v) is 12.4. The molecule has 0 aliphatic heterocycles. The van der Waals surface area contributed by atoms with Gasteiger partial charge in [-0.15, -0.1) is 0 Å². The highest BCUT2D eigenvalue weighted by molar-refractivity contribution is 5.94. The maximum atomic E-state index is 12.1. The van der Waals surface area contributed by atoms with Crippen LogP contribution in [0.4, 0.5) is 0 Å². The van der Waals surface area contributed by atoms with Gasteiger partial charge in [-0.2, -0.15) is 0 Å². The van der Waals surface area contributed by atoms with Crippen LogP contribution in [-0.4, -0.2) is 41.9 Å². The van der Waals surface area contributed by atoms with Crippen molar-refractivity contribution in [1.29, 1.82) is 0 Å². The van der Waals surface area contributed by atoms with Crippen LogP contribution in [0.25, 0.3) is 10.9 Å². The van der Waals surface area contributed by atoms with Crippen molar-refractivity contribution in [3.8, 4) is 0 Å². The molecule has 5 nitrogen and oxygen atoms in total. The molecular formula is C17H20N2O3. The number of aliphatic hydroxyl groups is 1. The van der Waals surface area contributed by atoms with E-state index >= 15 is 0 Å². The van der Waals surface area contributed by atoms with E-state index in [1.165, 1.54) is 12.8 Å². The zero-order valence-electron chi connectivity index (χ0n) is 12.4. The lowest BCUT2D eigenvalue weighted by Crippen LogP contribution is -2.35. The Morgan fingerprint density at radius 2 is 2.14 bits per heavy atom. The third-order valence-electron chi connectivity index (χ3n) is 3.69. The van der Waals surface area contributed by atoms with Gasteiger partial charge in [0.2, 0.25) is 0 Å². The molecule has 1 aliphatic carbocycles. The number of fused-ring (bicyclic) bond motifs is 1. The number of pyridine rings is 1. The Kier molecular flexibility index (Phi) is 4.65. The summed E-state index contributed by atoms with van der Waals surface area (Å²) < 4.78 is 5.40. The molecule has 0 spiro atoms. The van der Waals surface area contributed by atoms with E-state index in [-0.39, 0.29) is 19.1 Å². The number of hydrogen-bond donors (Lipinski definition) is 2. The highest BCUT2D eigenvalue weighted by Crippen LogP contribution is 2.28. The molecule has 5 heteroatoms. The van der Waals surface area contributed by atoms with Crippen LogP contribution < -0.4 is 5.32 Å². The fourth-order valence-corrected chi connectivity index (χ4v) is 2.21. The van der Waals surface area contributed by atoms with Crippen molar-refractivity contribution < 1.29 is 14.6 Å². The summed E-state index contributed by atoms with van der Waals surface area (Å²) in [6.45, 7) is 1.12. The van der Waals surface area contributed by atoms with E-state index in [1.807, 2.05) is 30.3 Å². The number of hydrogen-bond acceptors (Lipinski definition) is 4. The molecule has 1 atom stereocenters. The van der Waals surface area contributed by atoms with Gasteiger partial charge in [0.25, 0.3) is 5.91 Å². The second-order valence-electron chi connectivity index (χ2n) is 5.73. The van der Waals surface area contributed by atoms with Crippen molar-refractivity contribution in [3.05, 3.63) is 42.1 Å². The van der Waals surface area contributed by atoms with Gasteiger partial charge in [0, 0.05) is 18.5 Å². The van der Waals surface area contributed by atoms with Crippen molar-refractivity contribution in [2.24, 2.45) is 5.92 Å². The first-order valence-corrected chi connectivity index (χ1v) is 7.62. The third-order valence-corrected chi connectivity index (χ3v) is 3.69. The Morgan fingerprint density at radius 1 is 1.32 bits per heavy atom. The lowest BCUT2D eigenvalue weighted by molar-refractivity contribution is 0.0320. The van der Waals surface area contributed by atoms with Crippen LogP contribution in [0, 0.1) is 5.92 Å². The zero-order chi connectivity index (χ0) is 15.4. The van der Waals surface area contributed by atoms with E-state index in [2.05, 4.69) is 10.3 Å². The molecule has 1 heterocycles. The summed E-state index contributed by atoms with van der Waals surface area (Å²) in [6, 6.07) is 11.2. The Bertz CT molecular complexity index is 655. The van der Waals surface area contributed by atoms with Gasteiger partial charge in [0.1, 0.15) is 5.69 Å². The lowest BCUT2D eigenvalue weighted by Gasteiger charge is -2.12. The van der Waals surface area contributed by atoms with Crippen molar-refractivity contribution >= 4 is 16.8 Å². The fourth-order valence-electron chi connectivity index (χ4n) is 2.21. The van der Waals surface area contributed by atoms with Gasteiger partial charge >= 0.3 is 0 Å². The average molecular weight is 300 g/mol. The summed E-state index contributed by atoms with van der Waals surface area (Å²) >= 11 is 0. The summed E-state index contributed by atoms with van der Waals surface area (Å²) in [6.07, 6.45) is 1.75. The smallest absolute Gasteiger partial charge is 0.269 e. The molecule has 2 aromatic rings. The molecule has 0 radical (unpaired) electrons. The van der Waals surface area contributed by atoms with Crippen molar-refractivity contribution in [2.45, 2.75) is 18.9 Å². The van der Waals surface area contributed by atoms with Crippen molar-refractivity contribution in [1.82, 2.24) is 10.3 Å². The second-order valence-corrected chi connectivity index (χ2v) is 5.73. The highest BCUT2D eigenvalue weighted by Gasteiger charge is 2.21. The van der Waals surface area contributed by atoms with Gasteiger partial charge in [-0.1, -0.05) is 24.3 Å². The Hall–Kier alpha value is -1.98. The van der Waals surface area contributed by atoms with Crippen LogP contribution in [-0.2, 0) is 4.74 Å². The number of rotatable bonds is 7. The van der Waals surface area contributed by atoms with E-state index in [4.69, 9.17) is 4.74 Å². The first kappa shape index (κ1) is 14.9. The van der Waals surface area contributed by atoms with E-state index in [9.17, 15) is 9.90 Å². The molecule has 1 amide bonds. The maximum absolute atomic E-state index is 12.1. The lowest BCUT2D eigenvalue weighted by atomic mass is 10.2. The first-order valence-electron chi connectivity index (χ1n) is 7.62. The number of carbonyl (C=O) groups excluding carboxylic acids is 1. The van der Waals surface area contributed by atoms with Crippen LogP contribution in [0.1, 0.15) is 23.3 Å². The number of amides is 1. The Balaban J connectivity index is 1.49. The predicted molar refractivity (Wildman–Crippen MR) is 83.6 cm³/mol. The molecule has 1 aliphatic rings. The summed E-state index contributed by atoms with van der Waals surface area (Å²) in [5.41, 5.74) is 1.13. The minimum Gasteiger partial charge on any atom is -0.389 e. The summed E-state index contributed by atoms with van der Waals surface area (Å²) in [5, 5.41) is 13.5. The number of aromatic nitrogens is 1. The minimum absolute atomic E-state index is 0.165. The van der Waals surface area contributed by atoms with E-state index in [1.54, 1.807) is 6.07 Å². The molecule has 1 fully saturated rings. The van der Waals surface area contributed by atoms with Gasteiger partial charge < -0.3 is 15.2 Å². The van der Waals surface area contributed by atoms with Crippen LogP contribution in [0.5, 0.6) is 0 Å². The normalized spacial score (nSPS) is 15.7. The number of aliphatic hydroxyl groups excluding tert-OH is 1. The topological polar surface area (TPSA) is 71.5 Å². The maximum Gasteiger partial charge on any atom is 0.269 e. The Labute approximate surface area is 129 Å². The monoisotopic (exact) mass is 300 g/mol. The van der Waals surface area contributed by atoms with Crippen LogP contribution in [0.15, 0.2) is 36.4 Å². The molecule has 1 aromatic heterocycles. The number of benzene rings is 1. The number of nitrogens with one attached hydrogen (secondary N) is 1. The number of carbonyl (C=O) groups is 1. The molecule has 1 unspecified atom stereocenters. The third kappa shape index (κ3) is 4.02. The Morgan fingerprint density at radius 3 is 2.95 bits per heavy atom. The van der Waals surface area contributed by atoms with Gasteiger partial charge in [0.15, 0.2) is 0 Å². The number of nitrogens with zero attached hydrogens (tertiary/aromatic N) is 1. The highest BCUT2D eigenvalue weighted by atomic mass is 16.5. The van der Waals surface area contributed by atoms with Crippen LogP contribution in [0.2, 0.25) is 0 Å². The molecule has 2 N–H and O–H groups in total. The molecule has 1 saturated carbocycles. The number of ether oxygens (including phenoxy) is 1. The minimum atomic E-state index is -0.692. The quantitative estimate of drug-likeness (QED) is 0.817. The molecule has 1 aromatic carbocycles. The van der Waals surface area contributed by atoms with Gasteiger partial charge in [-0.25, -0.2) is 4.98 Å². The molecule has 116 valence electrons. The SMILES string of the molecule is O=C(NCC(O)COCC1CC1)c1ccc2ccccc2n1. The van der Waals surface area contributed by atoms with E-state index in [0.29, 0.717) is 18.2 Å². The summed E-state index contributed by atoms with van der Waals surface area (Å²) in [7, 11) is 0. The standard InChI is InChI=1S/C17H20N2O3/c20-14(11-22-10-12-5-6-12)9-18-17(21)16-8-7-13-3-1-2-4-15(13)19-16/h1-4,7-8,12,14,20H,5-6,9-11H2,(H,18,21). The fraction of sp³-hybridized carbons (Fsp3) is 0.412. The van der Waals surface area contributed by atoms with Crippen LogP contribution >= 0.6 is 0 Å². The van der Waals surface area contributed by atoms with Crippen LogP contribution in [0.3, 0.4) is 0 Å². The van der Waals surface area contributed by atoms with E-state index in [0.717, 1.165) is 10.9 Å². The van der Waals surface area contributed by atoms with E-state index < -0.39 is 6.10 Å². The summed E-state index contributed by atoms with van der Waals surface area (Å²) in [4.78, 5) is 16.4.